The molecule has 6 nitrogen and oxygen atoms in total. The lowest BCUT2D eigenvalue weighted by atomic mass is 10.2. The number of carbonyl (C=O) groups is 2. The van der Waals surface area contributed by atoms with Gasteiger partial charge in [0.1, 0.15) is 10.6 Å². The molecule has 0 aliphatic carbocycles. The first-order valence-electron chi connectivity index (χ1n) is 5.84. The molecule has 1 aromatic carbocycles. The van der Waals surface area contributed by atoms with Gasteiger partial charge in [0.05, 0.1) is 16.6 Å². The first-order valence-corrected chi connectivity index (χ1v) is 6.66. The minimum atomic E-state index is -1.03. The molecule has 0 saturated carbocycles. The maximum atomic E-state index is 11.7. The molecule has 0 aliphatic heterocycles. The van der Waals surface area contributed by atoms with Crippen molar-refractivity contribution in [2.75, 3.05) is 11.9 Å². The molecule has 0 atom stereocenters. The molecule has 0 radical (unpaired) electrons. The molecule has 0 bridgehead atoms. The fourth-order valence-electron chi connectivity index (χ4n) is 1.47. The Hall–Kier alpha value is -2.85. The summed E-state index contributed by atoms with van der Waals surface area (Å²) in [6.07, 6.45) is 0. The monoisotopic (exact) mass is 302 g/mol. The smallest absolute Gasteiger partial charge is 0.345 e. The minimum absolute atomic E-state index is 0.151. The van der Waals surface area contributed by atoms with E-state index in [9.17, 15) is 9.59 Å². The lowest BCUT2D eigenvalue weighted by Gasteiger charge is -2.06. The van der Waals surface area contributed by atoms with Crippen LogP contribution in [0.4, 0.5) is 5.00 Å². The summed E-state index contributed by atoms with van der Waals surface area (Å²) in [6.45, 7) is -0.202. The summed E-state index contributed by atoms with van der Waals surface area (Å²) in [5.74, 6) is -0.950. The van der Waals surface area contributed by atoms with Crippen molar-refractivity contribution in [1.29, 1.82) is 5.26 Å². The lowest BCUT2D eigenvalue weighted by Crippen LogP contribution is -2.19. The third-order valence-corrected chi connectivity index (χ3v) is 3.42. The van der Waals surface area contributed by atoms with Gasteiger partial charge >= 0.3 is 5.97 Å². The molecule has 1 heterocycles. The van der Waals surface area contributed by atoms with E-state index in [-0.39, 0.29) is 11.5 Å². The van der Waals surface area contributed by atoms with Crippen LogP contribution in [-0.4, -0.2) is 23.6 Å². The van der Waals surface area contributed by atoms with Crippen molar-refractivity contribution in [3.63, 3.8) is 0 Å². The Morgan fingerprint density at radius 3 is 2.52 bits per heavy atom. The molecule has 7 heteroatoms. The number of hydrogen-bond acceptors (Lipinski definition) is 5. The number of rotatable bonds is 5. The van der Waals surface area contributed by atoms with Gasteiger partial charge in [-0.15, -0.1) is 11.3 Å². The predicted molar refractivity (Wildman–Crippen MR) is 76.6 cm³/mol. The van der Waals surface area contributed by atoms with E-state index in [4.69, 9.17) is 15.1 Å². The Morgan fingerprint density at radius 2 is 1.95 bits per heavy atom. The molecule has 0 spiro atoms. The summed E-state index contributed by atoms with van der Waals surface area (Å²) >= 11 is 0.973. The second kappa shape index (κ2) is 6.54. The Kier molecular flexibility index (Phi) is 4.53. The van der Waals surface area contributed by atoms with Crippen molar-refractivity contribution in [3.05, 3.63) is 46.8 Å². The minimum Gasteiger partial charge on any atom is -0.484 e. The Labute approximate surface area is 124 Å². The molecule has 0 unspecified atom stereocenters. The average molecular weight is 302 g/mol. The predicted octanol–water partition coefficient (Wildman–Crippen LogP) is 2.34. The van der Waals surface area contributed by atoms with Crippen LogP contribution in [0.2, 0.25) is 0 Å². The van der Waals surface area contributed by atoms with Gasteiger partial charge in [0.15, 0.2) is 6.61 Å². The van der Waals surface area contributed by atoms with Crippen molar-refractivity contribution < 1.29 is 19.4 Å². The standard InChI is InChI=1S/C14H10N2O4S/c15-7-9-1-3-10(4-2-9)20-8-12(17)16-13-6-5-11(21-13)14(18)19/h1-6H,8H2,(H,16,17)(H,18,19). The van der Waals surface area contributed by atoms with E-state index < -0.39 is 11.9 Å². The van der Waals surface area contributed by atoms with Crippen LogP contribution in [0.15, 0.2) is 36.4 Å². The molecule has 0 saturated heterocycles. The van der Waals surface area contributed by atoms with E-state index in [2.05, 4.69) is 5.32 Å². The molecule has 2 aromatic rings. The second-order valence-corrected chi connectivity index (χ2v) is 5.03. The van der Waals surface area contributed by atoms with Gasteiger partial charge in [-0.25, -0.2) is 4.79 Å². The summed E-state index contributed by atoms with van der Waals surface area (Å²) in [5, 5.41) is 20.4. The Balaban J connectivity index is 1.86. The van der Waals surface area contributed by atoms with Gasteiger partial charge in [-0.1, -0.05) is 0 Å². The Bertz CT molecular complexity index is 701. The number of nitrogens with zero attached hydrogens (tertiary/aromatic N) is 1. The highest BCUT2D eigenvalue weighted by Crippen LogP contribution is 2.21. The summed E-state index contributed by atoms with van der Waals surface area (Å²) in [7, 11) is 0. The van der Waals surface area contributed by atoms with Gasteiger partial charge in [0.2, 0.25) is 0 Å². The summed E-state index contributed by atoms with van der Waals surface area (Å²) < 4.78 is 5.26. The zero-order valence-corrected chi connectivity index (χ0v) is 11.5. The highest BCUT2D eigenvalue weighted by atomic mass is 32.1. The summed E-state index contributed by atoms with van der Waals surface area (Å²) in [6, 6.07) is 11.3. The largest absolute Gasteiger partial charge is 0.484 e. The van der Waals surface area contributed by atoms with Crippen LogP contribution >= 0.6 is 11.3 Å². The van der Waals surface area contributed by atoms with Crippen molar-refractivity contribution in [2.45, 2.75) is 0 Å². The van der Waals surface area contributed by atoms with E-state index in [1.54, 1.807) is 24.3 Å². The number of nitriles is 1. The number of carbonyl (C=O) groups excluding carboxylic acids is 1. The number of anilines is 1. The summed E-state index contributed by atoms with van der Waals surface area (Å²) in [4.78, 5) is 22.5. The van der Waals surface area contributed by atoms with E-state index in [1.165, 1.54) is 12.1 Å². The average Bonchev–Trinajstić information content (AvgIpc) is 2.94. The molecule has 0 aliphatic rings. The fraction of sp³-hybridized carbons (Fsp3) is 0.0714. The molecule has 1 aromatic heterocycles. The third kappa shape index (κ3) is 4.06. The van der Waals surface area contributed by atoms with Gasteiger partial charge in [0.25, 0.3) is 5.91 Å². The quantitative estimate of drug-likeness (QED) is 0.883. The number of benzene rings is 1. The van der Waals surface area contributed by atoms with Crippen molar-refractivity contribution in [1.82, 2.24) is 0 Å². The maximum absolute atomic E-state index is 11.7. The van der Waals surface area contributed by atoms with Gasteiger partial charge in [-0.05, 0) is 36.4 Å². The van der Waals surface area contributed by atoms with Crippen molar-refractivity contribution in [2.24, 2.45) is 0 Å². The second-order valence-electron chi connectivity index (χ2n) is 3.94. The number of ether oxygens (including phenoxy) is 1. The van der Waals surface area contributed by atoms with Crippen LogP contribution in [0, 0.1) is 11.3 Å². The molecular formula is C14H10N2O4S. The van der Waals surface area contributed by atoms with Crippen LogP contribution in [0.1, 0.15) is 15.2 Å². The number of thiophene rings is 1. The van der Waals surface area contributed by atoms with E-state index in [0.29, 0.717) is 16.3 Å². The number of nitrogens with one attached hydrogen (secondary N) is 1. The fourth-order valence-corrected chi connectivity index (χ4v) is 2.23. The van der Waals surface area contributed by atoms with Crippen LogP contribution in [0.5, 0.6) is 5.75 Å². The molecule has 21 heavy (non-hydrogen) atoms. The number of hydrogen-bond donors (Lipinski definition) is 2. The highest BCUT2D eigenvalue weighted by molar-refractivity contribution is 7.18. The van der Waals surface area contributed by atoms with Crippen LogP contribution in [-0.2, 0) is 4.79 Å². The van der Waals surface area contributed by atoms with Gasteiger partial charge in [-0.3, -0.25) is 4.79 Å². The van der Waals surface area contributed by atoms with Crippen molar-refractivity contribution >= 4 is 28.2 Å². The molecular weight excluding hydrogens is 292 g/mol. The molecule has 2 N–H and O–H groups in total. The van der Waals surface area contributed by atoms with E-state index >= 15 is 0 Å². The lowest BCUT2D eigenvalue weighted by molar-refractivity contribution is -0.118. The van der Waals surface area contributed by atoms with E-state index in [1.807, 2.05) is 6.07 Å². The van der Waals surface area contributed by atoms with Gasteiger partial charge < -0.3 is 15.2 Å². The molecule has 106 valence electrons. The van der Waals surface area contributed by atoms with Gasteiger partial charge in [-0.2, -0.15) is 5.26 Å². The molecule has 2 rings (SSSR count). The zero-order chi connectivity index (χ0) is 15.2. The zero-order valence-electron chi connectivity index (χ0n) is 10.7. The van der Waals surface area contributed by atoms with Crippen LogP contribution in [0.3, 0.4) is 0 Å². The number of carboxylic acid groups (broad SMARTS) is 1. The first kappa shape index (κ1) is 14.6. The normalized spacial score (nSPS) is 9.67. The first-order chi connectivity index (χ1) is 10.1. The summed E-state index contributed by atoms with van der Waals surface area (Å²) in [5.41, 5.74) is 0.506. The number of aromatic carboxylic acids is 1. The highest BCUT2D eigenvalue weighted by Gasteiger charge is 2.09. The number of amides is 1. The molecule has 1 amide bonds. The maximum Gasteiger partial charge on any atom is 0.345 e. The number of carboxylic acids is 1. The van der Waals surface area contributed by atoms with Crippen LogP contribution < -0.4 is 10.1 Å². The third-order valence-electron chi connectivity index (χ3n) is 2.43. The Morgan fingerprint density at radius 1 is 1.24 bits per heavy atom. The topological polar surface area (TPSA) is 99.4 Å². The van der Waals surface area contributed by atoms with Gasteiger partial charge in [0, 0.05) is 0 Å². The van der Waals surface area contributed by atoms with E-state index in [0.717, 1.165) is 11.3 Å². The molecule has 0 fully saturated rings. The SMILES string of the molecule is N#Cc1ccc(OCC(=O)Nc2ccc(C(=O)O)s2)cc1. The van der Waals surface area contributed by atoms with Crippen LogP contribution in [0.25, 0.3) is 0 Å². The van der Waals surface area contributed by atoms with Crippen molar-refractivity contribution in [3.8, 4) is 11.8 Å².